The Hall–Kier alpha value is -1.30. The molecule has 0 fully saturated rings. The third-order valence-electron chi connectivity index (χ3n) is 3.93. The summed E-state index contributed by atoms with van der Waals surface area (Å²) >= 11 is 13.7. The SMILES string of the molecule is CSc1nc(C)c(CCC(=O)NCCc2cccc(Cl)c2Cl)c(C)n1. The van der Waals surface area contributed by atoms with E-state index in [0.29, 0.717) is 35.9 Å². The van der Waals surface area contributed by atoms with Crippen molar-refractivity contribution in [1.29, 1.82) is 0 Å². The van der Waals surface area contributed by atoms with Gasteiger partial charge in [-0.3, -0.25) is 4.79 Å². The van der Waals surface area contributed by atoms with Crippen LogP contribution < -0.4 is 5.32 Å². The van der Waals surface area contributed by atoms with Crippen LogP contribution >= 0.6 is 35.0 Å². The minimum Gasteiger partial charge on any atom is -0.356 e. The molecule has 25 heavy (non-hydrogen) atoms. The summed E-state index contributed by atoms with van der Waals surface area (Å²) in [5.41, 5.74) is 3.86. The van der Waals surface area contributed by atoms with Crippen molar-refractivity contribution < 1.29 is 4.79 Å². The molecule has 0 aliphatic rings. The molecular formula is C18H21Cl2N3OS. The summed E-state index contributed by atoms with van der Waals surface area (Å²) in [7, 11) is 0. The number of nitrogens with one attached hydrogen (secondary N) is 1. The molecule has 4 nitrogen and oxygen atoms in total. The Morgan fingerprint density at radius 3 is 2.48 bits per heavy atom. The maximum atomic E-state index is 12.1. The predicted octanol–water partition coefficient (Wildman–Crippen LogP) is 4.41. The molecule has 2 aromatic rings. The average molecular weight is 398 g/mol. The van der Waals surface area contributed by atoms with Crippen LogP contribution in [0.15, 0.2) is 23.4 Å². The molecule has 1 amide bonds. The molecule has 1 aromatic heterocycles. The number of aryl methyl sites for hydroxylation is 2. The number of benzene rings is 1. The van der Waals surface area contributed by atoms with Gasteiger partial charge in [-0.25, -0.2) is 9.97 Å². The lowest BCUT2D eigenvalue weighted by Gasteiger charge is -2.11. The van der Waals surface area contributed by atoms with Crippen molar-refractivity contribution in [3.05, 3.63) is 50.8 Å². The molecule has 0 bridgehead atoms. The number of carbonyl (C=O) groups is 1. The molecule has 0 radical (unpaired) electrons. The molecule has 0 spiro atoms. The Labute approximate surface area is 162 Å². The van der Waals surface area contributed by atoms with Gasteiger partial charge in [-0.1, -0.05) is 47.1 Å². The largest absolute Gasteiger partial charge is 0.356 e. The second kappa shape index (κ2) is 9.41. The summed E-state index contributed by atoms with van der Waals surface area (Å²) in [6.45, 7) is 4.45. The Morgan fingerprint density at radius 1 is 1.16 bits per heavy atom. The maximum Gasteiger partial charge on any atom is 0.220 e. The zero-order valence-corrected chi connectivity index (χ0v) is 16.9. The quantitative estimate of drug-likeness (QED) is 0.554. The molecule has 0 aliphatic heterocycles. The first kappa shape index (κ1) is 20.0. The van der Waals surface area contributed by atoms with E-state index in [1.165, 1.54) is 11.8 Å². The first-order valence-electron chi connectivity index (χ1n) is 8.00. The number of hydrogen-bond acceptors (Lipinski definition) is 4. The minimum absolute atomic E-state index is 0.00546. The van der Waals surface area contributed by atoms with E-state index < -0.39 is 0 Å². The van der Waals surface area contributed by atoms with Gasteiger partial charge in [0.05, 0.1) is 10.0 Å². The lowest BCUT2D eigenvalue weighted by molar-refractivity contribution is -0.121. The monoisotopic (exact) mass is 397 g/mol. The standard InChI is InChI=1S/C18H21Cl2N3OS/c1-11-14(12(2)23-18(22-11)25-3)7-8-16(24)21-10-9-13-5-4-6-15(19)17(13)20/h4-6H,7-10H2,1-3H3,(H,21,24). The Bertz CT molecular complexity index is 745. The number of rotatable bonds is 7. The molecule has 0 aliphatic carbocycles. The number of hydrogen-bond donors (Lipinski definition) is 1. The van der Waals surface area contributed by atoms with E-state index in [-0.39, 0.29) is 5.91 Å². The molecule has 1 heterocycles. The molecule has 0 atom stereocenters. The van der Waals surface area contributed by atoms with Gasteiger partial charge in [-0.15, -0.1) is 0 Å². The van der Waals surface area contributed by atoms with Crippen molar-refractivity contribution in [3.63, 3.8) is 0 Å². The fourth-order valence-electron chi connectivity index (χ4n) is 2.57. The lowest BCUT2D eigenvalue weighted by atomic mass is 10.1. The van der Waals surface area contributed by atoms with Crippen molar-refractivity contribution in [2.24, 2.45) is 0 Å². The van der Waals surface area contributed by atoms with Crippen molar-refractivity contribution in [2.45, 2.75) is 38.3 Å². The number of amides is 1. The maximum absolute atomic E-state index is 12.1. The van der Waals surface area contributed by atoms with Gasteiger partial charge in [0.25, 0.3) is 0 Å². The molecule has 0 saturated heterocycles. The fraction of sp³-hybridized carbons (Fsp3) is 0.389. The third-order valence-corrected chi connectivity index (χ3v) is 5.34. The zero-order valence-electron chi connectivity index (χ0n) is 14.5. The zero-order chi connectivity index (χ0) is 18.4. The smallest absolute Gasteiger partial charge is 0.220 e. The second-order valence-corrected chi connectivity index (χ2v) is 7.23. The molecule has 134 valence electrons. The number of carbonyl (C=O) groups excluding carboxylic acids is 1. The van der Waals surface area contributed by atoms with Crippen LogP contribution in [0.5, 0.6) is 0 Å². The minimum atomic E-state index is 0.00546. The average Bonchev–Trinajstić information content (AvgIpc) is 2.57. The van der Waals surface area contributed by atoms with Crippen LogP contribution in [0.3, 0.4) is 0 Å². The number of halogens is 2. The summed E-state index contributed by atoms with van der Waals surface area (Å²) in [5.74, 6) is 0.00546. The summed E-state index contributed by atoms with van der Waals surface area (Å²) in [6, 6.07) is 5.52. The van der Waals surface area contributed by atoms with E-state index >= 15 is 0 Å². The van der Waals surface area contributed by atoms with Gasteiger partial charge in [0.1, 0.15) is 0 Å². The summed E-state index contributed by atoms with van der Waals surface area (Å²) < 4.78 is 0. The highest BCUT2D eigenvalue weighted by molar-refractivity contribution is 7.98. The molecule has 1 aromatic carbocycles. The van der Waals surface area contributed by atoms with Crippen LogP contribution in [0.1, 0.15) is 28.9 Å². The van der Waals surface area contributed by atoms with E-state index in [1.54, 1.807) is 6.07 Å². The van der Waals surface area contributed by atoms with E-state index in [0.717, 1.165) is 27.7 Å². The number of aromatic nitrogens is 2. The first-order chi connectivity index (χ1) is 11.9. The lowest BCUT2D eigenvalue weighted by Crippen LogP contribution is -2.26. The van der Waals surface area contributed by atoms with Crippen LogP contribution in [0.25, 0.3) is 0 Å². The highest BCUT2D eigenvalue weighted by atomic mass is 35.5. The van der Waals surface area contributed by atoms with E-state index in [2.05, 4.69) is 15.3 Å². The van der Waals surface area contributed by atoms with Gasteiger partial charge in [-0.2, -0.15) is 0 Å². The van der Waals surface area contributed by atoms with Crippen LogP contribution in [-0.4, -0.2) is 28.7 Å². The first-order valence-corrected chi connectivity index (χ1v) is 9.98. The topological polar surface area (TPSA) is 54.9 Å². The Kier molecular flexibility index (Phi) is 7.54. The normalized spacial score (nSPS) is 10.8. The number of nitrogens with zero attached hydrogens (tertiary/aromatic N) is 2. The van der Waals surface area contributed by atoms with Gasteiger partial charge in [-0.05, 0) is 50.1 Å². The van der Waals surface area contributed by atoms with Crippen molar-refractivity contribution >= 4 is 40.9 Å². The van der Waals surface area contributed by atoms with Crippen molar-refractivity contribution in [1.82, 2.24) is 15.3 Å². The number of thioether (sulfide) groups is 1. The molecule has 7 heteroatoms. The van der Waals surface area contributed by atoms with E-state index in [4.69, 9.17) is 23.2 Å². The van der Waals surface area contributed by atoms with Gasteiger partial charge in [0.2, 0.25) is 5.91 Å². The van der Waals surface area contributed by atoms with Crippen LogP contribution in [0.2, 0.25) is 10.0 Å². The van der Waals surface area contributed by atoms with Crippen molar-refractivity contribution in [2.75, 3.05) is 12.8 Å². The third kappa shape index (κ3) is 5.59. The summed E-state index contributed by atoms with van der Waals surface area (Å²) in [5, 5.41) is 4.77. The van der Waals surface area contributed by atoms with Gasteiger partial charge < -0.3 is 5.32 Å². The van der Waals surface area contributed by atoms with Gasteiger partial charge in [0.15, 0.2) is 5.16 Å². The van der Waals surface area contributed by atoms with Crippen molar-refractivity contribution in [3.8, 4) is 0 Å². The summed E-state index contributed by atoms with van der Waals surface area (Å²) in [6.07, 6.45) is 3.64. The second-order valence-electron chi connectivity index (χ2n) is 5.67. The van der Waals surface area contributed by atoms with Gasteiger partial charge in [0, 0.05) is 24.4 Å². The molecule has 0 saturated carbocycles. The Morgan fingerprint density at radius 2 is 1.84 bits per heavy atom. The van der Waals surface area contributed by atoms with Gasteiger partial charge >= 0.3 is 0 Å². The van der Waals surface area contributed by atoms with E-state index in [1.807, 2.05) is 32.2 Å². The fourth-order valence-corrected chi connectivity index (χ4v) is 3.44. The van der Waals surface area contributed by atoms with E-state index in [9.17, 15) is 4.79 Å². The van der Waals surface area contributed by atoms with Crippen LogP contribution in [0, 0.1) is 13.8 Å². The highest BCUT2D eigenvalue weighted by Gasteiger charge is 2.11. The van der Waals surface area contributed by atoms with Crippen LogP contribution in [0.4, 0.5) is 0 Å². The molecule has 1 N–H and O–H groups in total. The molecule has 2 rings (SSSR count). The van der Waals surface area contributed by atoms with Crippen LogP contribution in [-0.2, 0) is 17.6 Å². The summed E-state index contributed by atoms with van der Waals surface area (Å²) in [4.78, 5) is 21.0. The molecule has 0 unspecified atom stereocenters. The Balaban J connectivity index is 1.84. The predicted molar refractivity (Wildman–Crippen MR) is 105 cm³/mol. The highest BCUT2D eigenvalue weighted by Crippen LogP contribution is 2.25. The molecular weight excluding hydrogens is 377 g/mol.